The highest BCUT2D eigenvalue weighted by molar-refractivity contribution is 5.92. The van der Waals surface area contributed by atoms with E-state index in [1.54, 1.807) is 29.6 Å². The van der Waals surface area contributed by atoms with E-state index in [4.69, 9.17) is 0 Å². The zero-order valence-corrected chi connectivity index (χ0v) is 12.6. The van der Waals surface area contributed by atoms with Crippen LogP contribution >= 0.6 is 0 Å². The molecular weight excluding hydrogens is 309 g/mol. The van der Waals surface area contributed by atoms with Crippen LogP contribution < -0.4 is 10.6 Å². The van der Waals surface area contributed by atoms with Crippen LogP contribution in [0.4, 0.5) is 18.9 Å². The van der Waals surface area contributed by atoms with Crippen LogP contribution in [0.2, 0.25) is 0 Å². The van der Waals surface area contributed by atoms with Crippen molar-refractivity contribution >= 4 is 17.5 Å². The Morgan fingerprint density at radius 3 is 2.22 bits per heavy atom. The Hall–Kier alpha value is -2.05. The number of amides is 2. The van der Waals surface area contributed by atoms with Gasteiger partial charge in [-0.25, -0.2) is 0 Å². The largest absolute Gasteiger partial charge is 0.471 e. The van der Waals surface area contributed by atoms with Gasteiger partial charge in [-0.15, -0.1) is 0 Å². The average Bonchev–Trinajstić information content (AvgIpc) is 2.53. The minimum Gasteiger partial charge on any atom is -0.344 e. The summed E-state index contributed by atoms with van der Waals surface area (Å²) >= 11 is 0. The number of rotatable bonds is 4. The van der Waals surface area contributed by atoms with Crippen LogP contribution in [0.15, 0.2) is 24.3 Å². The normalized spacial score (nSPS) is 16.0. The fourth-order valence-corrected chi connectivity index (χ4v) is 2.60. The maximum absolute atomic E-state index is 12.1. The first-order chi connectivity index (χ1) is 10.9. The van der Waals surface area contributed by atoms with Crippen molar-refractivity contribution in [1.29, 1.82) is 0 Å². The number of halogens is 3. The standard InChI is InChI=1S/C16H19F3N2O2/c17-16(18,19)15(23)20-10-11-6-8-13(9-7-11)21-14(22)12-4-2-1-3-5-12/h6-9,12H,1-5,10H2,(H,20,23)(H,21,22). The van der Waals surface area contributed by atoms with Gasteiger partial charge in [-0.3, -0.25) is 9.59 Å². The molecule has 0 heterocycles. The van der Waals surface area contributed by atoms with Crippen molar-refractivity contribution in [2.24, 2.45) is 5.92 Å². The van der Waals surface area contributed by atoms with Gasteiger partial charge in [0.1, 0.15) is 0 Å². The average molecular weight is 328 g/mol. The zero-order chi connectivity index (χ0) is 16.9. The van der Waals surface area contributed by atoms with Crippen LogP contribution in [0.3, 0.4) is 0 Å². The van der Waals surface area contributed by atoms with E-state index in [-0.39, 0.29) is 18.4 Å². The van der Waals surface area contributed by atoms with Crippen molar-refractivity contribution in [3.8, 4) is 0 Å². The van der Waals surface area contributed by atoms with Crippen molar-refractivity contribution < 1.29 is 22.8 Å². The molecule has 1 aliphatic carbocycles. The summed E-state index contributed by atoms with van der Waals surface area (Å²) in [7, 11) is 0. The Labute approximate surface area is 132 Å². The number of carbonyl (C=O) groups is 2. The predicted molar refractivity (Wildman–Crippen MR) is 79.5 cm³/mol. The minimum atomic E-state index is -4.88. The van der Waals surface area contributed by atoms with Gasteiger partial charge in [-0.2, -0.15) is 13.2 Å². The zero-order valence-electron chi connectivity index (χ0n) is 12.6. The van der Waals surface area contributed by atoms with Gasteiger partial charge in [0.25, 0.3) is 0 Å². The Kier molecular flexibility index (Phi) is 5.63. The fourth-order valence-electron chi connectivity index (χ4n) is 2.60. The lowest BCUT2D eigenvalue weighted by Crippen LogP contribution is -2.36. The summed E-state index contributed by atoms with van der Waals surface area (Å²) in [6, 6.07) is 6.39. The Morgan fingerprint density at radius 1 is 1.04 bits per heavy atom. The third-order valence-corrected chi connectivity index (χ3v) is 3.91. The maximum Gasteiger partial charge on any atom is 0.471 e. The molecule has 0 bridgehead atoms. The number of nitrogens with one attached hydrogen (secondary N) is 2. The van der Waals surface area contributed by atoms with Gasteiger partial charge in [0.2, 0.25) is 5.91 Å². The third kappa shape index (κ3) is 5.26. The van der Waals surface area contributed by atoms with E-state index in [0.717, 1.165) is 25.7 Å². The lowest BCUT2D eigenvalue weighted by Gasteiger charge is -2.20. The van der Waals surface area contributed by atoms with Crippen LogP contribution in [-0.2, 0) is 16.1 Å². The van der Waals surface area contributed by atoms with Gasteiger partial charge in [0, 0.05) is 18.2 Å². The predicted octanol–water partition coefficient (Wildman–Crippen LogP) is 3.38. The number of alkyl halides is 3. The van der Waals surface area contributed by atoms with Crippen LogP contribution in [-0.4, -0.2) is 18.0 Å². The highest BCUT2D eigenvalue weighted by Crippen LogP contribution is 2.25. The summed E-state index contributed by atoms with van der Waals surface area (Å²) in [6.45, 7) is -0.213. The SMILES string of the molecule is O=C(Nc1ccc(CNC(=O)C(F)(F)F)cc1)C1CCCCC1. The number of carbonyl (C=O) groups excluding carboxylic acids is 2. The van der Waals surface area contributed by atoms with E-state index < -0.39 is 12.1 Å². The van der Waals surface area contributed by atoms with Crippen LogP contribution in [0.25, 0.3) is 0 Å². The molecule has 2 rings (SSSR count). The summed E-state index contributed by atoms with van der Waals surface area (Å²) in [5.41, 5.74) is 1.13. The molecule has 0 unspecified atom stereocenters. The van der Waals surface area contributed by atoms with Crippen LogP contribution in [0.1, 0.15) is 37.7 Å². The minimum absolute atomic E-state index is 0.0113. The molecule has 1 saturated carbocycles. The van der Waals surface area contributed by atoms with Gasteiger partial charge in [0.15, 0.2) is 0 Å². The van der Waals surface area contributed by atoms with Crippen molar-refractivity contribution in [2.45, 2.75) is 44.8 Å². The number of hydrogen-bond acceptors (Lipinski definition) is 2. The second-order valence-corrected chi connectivity index (χ2v) is 5.70. The molecule has 1 aromatic carbocycles. The second-order valence-electron chi connectivity index (χ2n) is 5.70. The number of benzene rings is 1. The lowest BCUT2D eigenvalue weighted by molar-refractivity contribution is -0.173. The summed E-state index contributed by atoms with van der Waals surface area (Å²) in [5, 5.41) is 4.62. The van der Waals surface area contributed by atoms with Crippen molar-refractivity contribution in [2.75, 3.05) is 5.32 Å². The van der Waals surface area contributed by atoms with Crippen molar-refractivity contribution in [1.82, 2.24) is 5.32 Å². The first-order valence-corrected chi connectivity index (χ1v) is 7.61. The van der Waals surface area contributed by atoms with E-state index in [0.29, 0.717) is 11.3 Å². The summed E-state index contributed by atoms with van der Waals surface area (Å²) in [4.78, 5) is 22.8. The van der Waals surface area contributed by atoms with E-state index >= 15 is 0 Å². The van der Waals surface area contributed by atoms with Gasteiger partial charge in [-0.1, -0.05) is 31.4 Å². The van der Waals surface area contributed by atoms with E-state index in [1.165, 1.54) is 6.42 Å². The monoisotopic (exact) mass is 328 g/mol. The molecule has 1 aromatic rings. The molecule has 0 aromatic heterocycles. The Balaban J connectivity index is 1.84. The molecule has 2 amide bonds. The molecule has 126 valence electrons. The molecule has 1 fully saturated rings. The molecule has 0 radical (unpaired) electrons. The number of hydrogen-bond donors (Lipinski definition) is 2. The highest BCUT2D eigenvalue weighted by Gasteiger charge is 2.38. The van der Waals surface area contributed by atoms with Crippen LogP contribution in [0.5, 0.6) is 0 Å². The molecule has 7 heteroatoms. The molecule has 0 atom stereocenters. The highest BCUT2D eigenvalue weighted by atomic mass is 19.4. The molecule has 2 N–H and O–H groups in total. The van der Waals surface area contributed by atoms with Gasteiger partial charge >= 0.3 is 12.1 Å². The van der Waals surface area contributed by atoms with Gasteiger partial charge < -0.3 is 10.6 Å². The summed E-state index contributed by atoms with van der Waals surface area (Å²) < 4.78 is 36.2. The number of anilines is 1. The quantitative estimate of drug-likeness (QED) is 0.890. The van der Waals surface area contributed by atoms with Crippen molar-refractivity contribution in [3.63, 3.8) is 0 Å². The van der Waals surface area contributed by atoms with Crippen LogP contribution in [0, 0.1) is 5.92 Å². The summed E-state index contributed by atoms with van der Waals surface area (Å²) in [5.74, 6) is -1.94. The summed E-state index contributed by atoms with van der Waals surface area (Å²) in [6.07, 6.45) is 0.211. The molecular formula is C16H19F3N2O2. The first kappa shape index (κ1) is 17.3. The molecule has 0 spiro atoms. The Morgan fingerprint density at radius 2 is 1.65 bits per heavy atom. The van der Waals surface area contributed by atoms with Gasteiger partial charge in [0.05, 0.1) is 0 Å². The Bertz CT molecular complexity index is 549. The van der Waals surface area contributed by atoms with Gasteiger partial charge in [-0.05, 0) is 30.5 Å². The first-order valence-electron chi connectivity index (χ1n) is 7.61. The van der Waals surface area contributed by atoms with E-state index in [9.17, 15) is 22.8 Å². The topological polar surface area (TPSA) is 58.2 Å². The lowest BCUT2D eigenvalue weighted by atomic mass is 9.88. The third-order valence-electron chi connectivity index (χ3n) is 3.91. The molecule has 1 aliphatic rings. The fraction of sp³-hybridized carbons (Fsp3) is 0.500. The second kappa shape index (κ2) is 7.48. The molecule has 23 heavy (non-hydrogen) atoms. The van der Waals surface area contributed by atoms with Crippen molar-refractivity contribution in [3.05, 3.63) is 29.8 Å². The van der Waals surface area contributed by atoms with E-state index in [1.807, 2.05) is 0 Å². The molecule has 0 aliphatic heterocycles. The van der Waals surface area contributed by atoms with E-state index in [2.05, 4.69) is 5.32 Å². The smallest absolute Gasteiger partial charge is 0.344 e. The molecule has 4 nitrogen and oxygen atoms in total. The molecule has 0 saturated heterocycles. The maximum atomic E-state index is 12.1.